The maximum atomic E-state index is 13.2. The van der Waals surface area contributed by atoms with Gasteiger partial charge >= 0.3 is 17.9 Å². The number of halogens is 2. The van der Waals surface area contributed by atoms with Gasteiger partial charge in [0.15, 0.2) is 0 Å². The summed E-state index contributed by atoms with van der Waals surface area (Å²) in [6.45, 7) is 13.6. The second kappa shape index (κ2) is 10.6. The fourth-order valence-corrected chi connectivity index (χ4v) is 3.23. The summed E-state index contributed by atoms with van der Waals surface area (Å²) < 4.78 is 15.3. The normalized spacial score (nSPS) is 16.7. The lowest BCUT2D eigenvalue weighted by Gasteiger charge is -2.39. The summed E-state index contributed by atoms with van der Waals surface area (Å²) in [5, 5.41) is 3.31. The highest BCUT2D eigenvalue weighted by atomic mass is 127. The van der Waals surface area contributed by atoms with E-state index in [1.807, 2.05) is 59.0 Å². The predicted molar refractivity (Wildman–Crippen MR) is 132 cm³/mol. The Hall–Kier alpha value is -0.170. The lowest BCUT2D eigenvalue weighted by molar-refractivity contribution is -0.185. The van der Waals surface area contributed by atoms with Gasteiger partial charge in [-0.2, -0.15) is 0 Å². The molecule has 174 valence electrons. The van der Waals surface area contributed by atoms with Crippen molar-refractivity contribution < 1.29 is 28.6 Å². The maximum absolute atomic E-state index is 13.2. The molecule has 1 heterocycles. The topological polar surface area (TPSA) is 90.9 Å². The molecular formula is C21H35I2NO6. The van der Waals surface area contributed by atoms with Crippen molar-refractivity contribution in [1.82, 2.24) is 5.32 Å². The Balaban J connectivity index is 2.97. The van der Waals surface area contributed by atoms with E-state index in [-0.39, 0.29) is 19.1 Å². The summed E-state index contributed by atoms with van der Waals surface area (Å²) in [4.78, 5) is 37.8. The Labute approximate surface area is 207 Å². The van der Waals surface area contributed by atoms with Crippen molar-refractivity contribution in [2.75, 3.05) is 26.3 Å². The molecule has 0 amide bonds. The Morgan fingerprint density at radius 3 is 1.57 bits per heavy atom. The van der Waals surface area contributed by atoms with Crippen LogP contribution in [0.4, 0.5) is 0 Å². The van der Waals surface area contributed by atoms with Crippen molar-refractivity contribution in [1.29, 1.82) is 0 Å². The largest absolute Gasteiger partial charge is 0.463 e. The van der Waals surface area contributed by atoms with Crippen LogP contribution in [0.5, 0.6) is 0 Å². The molecule has 0 aromatic heterocycles. The van der Waals surface area contributed by atoms with Crippen LogP contribution < -0.4 is 5.32 Å². The number of nitrogens with one attached hydrogen (secondary N) is 1. The van der Waals surface area contributed by atoms with Gasteiger partial charge < -0.3 is 19.5 Å². The van der Waals surface area contributed by atoms with E-state index in [1.165, 1.54) is 0 Å². The van der Waals surface area contributed by atoms with Gasteiger partial charge in [-0.05, 0) is 74.4 Å². The first-order valence-electron chi connectivity index (χ1n) is 10.2. The minimum Gasteiger partial charge on any atom is -0.463 e. The summed E-state index contributed by atoms with van der Waals surface area (Å²) in [5.74, 6) is -1.21. The fraction of sp³-hybridized carbons (Fsp3) is 0.857. The lowest BCUT2D eigenvalue weighted by Crippen LogP contribution is -2.49. The molecule has 0 aromatic rings. The molecule has 0 spiro atoms. The predicted octanol–water partition coefficient (Wildman–Crippen LogP) is 3.83. The second-order valence-electron chi connectivity index (χ2n) is 9.68. The van der Waals surface area contributed by atoms with E-state index in [0.29, 0.717) is 0 Å². The molecule has 0 aliphatic carbocycles. The zero-order chi connectivity index (χ0) is 23.4. The number of carbonyl (C=O) groups is 3. The van der Waals surface area contributed by atoms with Crippen LogP contribution in [0.3, 0.4) is 0 Å². The van der Waals surface area contributed by atoms with Gasteiger partial charge in [-0.1, -0.05) is 45.2 Å². The highest BCUT2D eigenvalue weighted by molar-refractivity contribution is 14.1. The number of carbonyl (C=O) groups excluding carboxylic acids is 3. The van der Waals surface area contributed by atoms with Gasteiger partial charge in [-0.15, -0.1) is 0 Å². The van der Waals surface area contributed by atoms with Crippen molar-refractivity contribution in [3.63, 3.8) is 0 Å². The molecule has 0 bridgehead atoms. The van der Waals surface area contributed by atoms with E-state index in [0.717, 1.165) is 25.9 Å². The van der Waals surface area contributed by atoms with E-state index < -0.39 is 35.8 Å². The van der Waals surface area contributed by atoms with E-state index in [2.05, 4.69) is 5.32 Å². The van der Waals surface area contributed by atoms with Gasteiger partial charge in [0.05, 0.1) is 0 Å². The molecular weight excluding hydrogens is 616 g/mol. The summed E-state index contributed by atoms with van der Waals surface area (Å²) in [7, 11) is 0. The lowest BCUT2D eigenvalue weighted by atomic mass is 9.83. The van der Waals surface area contributed by atoms with Crippen LogP contribution in [-0.2, 0) is 28.6 Å². The Bertz CT molecular complexity index is 600. The summed E-state index contributed by atoms with van der Waals surface area (Å²) in [6.07, 6.45) is 1.82. The SMILES string of the molecule is CC(C)(I)C(=O)OCC(C)(COC(=O)C(C)(C)I)C(=O)OC(C)(C)C1CCNCC1. The minimum atomic E-state index is -1.31. The van der Waals surface area contributed by atoms with Gasteiger partial charge in [0.25, 0.3) is 0 Å². The van der Waals surface area contributed by atoms with Crippen molar-refractivity contribution in [2.24, 2.45) is 11.3 Å². The smallest absolute Gasteiger partial charge is 0.321 e. The van der Waals surface area contributed by atoms with E-state index in [9.17, 15) is 14.4 Å². The highest BCUT2D eigenvalue weighted by Gasteiger charge is 2.44. The molecule has 1 aliphatic rings. The number of hydrogen-bond donors (Lipinski definition) is 1. The van der Waals surface area contributed by atoms with Crippen molar-refractivity contribution in [2.45, 2.75) is 73.8 Å². The Kier molecular flexibility index (Phi) is 9.87. The minimum absolute atomic E-state index is 0.221. The Morgan fingerprint density at radius 1 is 0.800 bits per heavy atom. The molecule has 0 aromatic carbocycles. The van der Waals surface area contributed by atoms with Crippen LogP contribution in [0.2, 0.25) is 0 Å². The third-order valence-corrected chi connectivity index (χ3v) is 6.07. The number of piperidine rings is 1. The number of rotatable bonds is 9. The standard InChI is InChI=1S/C21H35I2NO6/c1-18(2,22)15(25)28-12-21(7,13-29-16(26)19(3,4)23)17(27)30-20(5,6)14-8-10-24-11-9-14/h14,24H,8-13H2,1-7H3. The zero-order valence-electron chi connectivity index (χ0n) is 19.0. The first-order valence-corrected chi connectivity index (χ1v) is 12.3. The second-order valence-corrected chi connectivity index (χ2v) is 15.1. The van der Waals surface area contributed by atoms with Gasteiger partial charge in [0.2, 0.25) is 0 Å². The molecule has 0 unspecified atom stereocenters. The van der Waals surface area contributed by atoms with E-state index in [1.54, 1.807) is 34.6 Å². The average molecular weight is 651 g/mol. The molecule has 7 nitrogen and oxygen atoms in total. The molecule has 30 heavy (non-hydrogen) atoms. The van der Waals surface area contributed by atoms with Crippen molar-refractivity contribution >= 4 is 63.1 Å². The third kappa shape index (κ3) is 8.40. The maximum Gasteiger partial charge on any atom is 0.321 e. The summed E-state index contributed by atoms with van der Waals surface area (Å²) in [5.41, 5.74) is -1.99. The van der Waals surface area contributed by atoms with Crippen LogP contribution in [-0.4, -0.2) is 56.7 Å². The van der Waals surface area contributed by atoms with Gasteiger partial charge in [-0.25, -0.2) is 0 Å². The van der Waals surface area contributed by atoms with Crippen LogP contribution >= 0.6 is 45.2 Å². The molecule has 1 saturated heterocycles. The molecule has 1 fully saturated rings. The first kappa shape index (κ1) is 27.9. The van der Waals surface area contributed by atoms with Crippen molar-refractivity contribution in [3.05, 3.63) is 0 Å². The number of hydrogen-bond acceptors (Lipinski definition) is 7. The Morgan fingerprint density at radius 2 is 1.20 bits per heavy atom. The van der Waals surface area contributed by atoms with E-state index in [4.69, 9.17) is 14.2 Å². The van der Waals surface area contributed by atoms with Crippen molar-refractivity contribution in [3.8, 4) is 0 Å². The molecule has 1 N–H and O–H groups in total. The van der Waals surface area contributed by atoms with Crippen LogP contribution in [0, 0.1) is 11.3 Å². The monoisotopic (exact) mass is 651 g/mol. The fourth-order valence-electron chi connectivity index (χ4n) is 2.91. The molecule has 0 atom stereocenters. The molecule has 0 saturated carbocycles. The third-order valence-electron chi connectivity index (χ3n) is 5.19. The quantitative estimate of drug-likeness (QED) is 0.176. The van der Waals surface area contributed by atoms with Gasteiger partial charge in [0, 0.05) is 5.92 Å². The number of esters is 3. The molecule has 1 rings (SSSR count). The number of ether oxygens (including phenoxy) is 3. The molecule has 9 heteroatoms. The van der Waals surface area contributed by atoms with Crippen LogP contribution in [0.1, 0.15) is 61.3 Å². The molecule has 1 aliphatic heterocycles. The zero-order valence-corrected chi connectivity index (χ0v) is 23.3. The summed E-state index contributed by atoms with van der Waals surface area (Å²) in [6, 6.07) is 0. The molecule has 0 radical (unpaired) electrons. The van der Waals surface area contributed by atoms with Gasteiger partial charge in [-0.3, -0.25) is 14.4 Å². The average Bonchev–Trinajstić information content (AvgIpc) is 2.62. The first-order chi connectivity index (χ1) is 13.5. The highest BCUT2D eigenvalue weighted by Crippen LogP contribution is 2.33. The van der Waals surface area contributed by atoms with E-state index >= 15 is 0 Å². The van der Waals surface area contributed by atoms with Gasteiger partial charge in [0.1, 0.15) is 31.1 Å². The number of alkyl halides is 2. The van der Waals surface area contributed by atoms with Crippen LogP contribution in [0.25, 0.3) is 0 Å². The van der Waals surface area contributed by atoms with Crippen LogP contribution in [0.15, 0.2) is 0 Å². The summed E-state index contributed by atoms with van der Waals surface area (Å²) >= 11 is 3.96.